The minimum atomic E-state index is -1.03. The molecule has 2 amide bonds. The third-order valence-electron chi connectivity index (χ3n) is 5.27. The van der Waals surface area contributed by atoms with Crippen LogP contribution in [0, 0.1) is 11.8 Å². The van der Waals surface area contributed by atoms with Crippen LogP contribution in [-0.2, 0) is 32.1 Å². The van der Waals surface area contributed by atoms with Crippen molar-refractivity contribution in [1.82, 2.24) is 19.5 Å². The highest BCUT2D eigenvalue weighted by atomic mass is 32.1. The zero-order chi connectivity index (χ0) is 20.7. The van der Waals surface area contributed by atoms with Crippen LogP contribution in [0.5, 0.6) is 0 Å². The largest absolute Gasteiger partial charge is 0.458 e. The van der Waals surface area contributed by atoms with E-state index in [0.717, 1.165) is 9.91 Å². The first kappa shape index (κ1) is 19.4. The zero-order valence-corrected chi connectivity index (χ0v) is 16.8. The first-order valence-corrected chi connectivity index (χ1v) is 10.3. The molecule has 3 heterocycles. The molecule has 1 saturated heterocycles. The predicted octanol–water partition coefficient (Wildman–Crippen LogP) is 1.10. The summed E-state index contributed by atoms with van der Waals surface area (Å²) in [4.78, 5) is 55.6. The van der Waals surface area contributed by atoms with Gasteiger partial charge in [0.25, 0.3) is 5.56 Å². The van der Waals surface area contributed by atoms with Gasteiger partial charge in [-0.3, -0.25) is 19.3 Å². The van der Waals surface area contributed by atoms with E-state index in [9.17, 15) is 19.2 Å². The van der Waals surface area contributed by atoms with Crippen LogP contribution in [0.1, 0.15) is 37.4 Å². The lowest BCUT2D eigenvalue weighted by atomic mass is 9.85. The molecule has 0 bridgehead atoms. The van der Waals surface area contributed by atoms with E-state index in [0.29, 0.717) is 29.9 Å². The molecular formula is C19H20N4O5S. The Hall–Kier alpha value is -2.88. The second-order valence-corrected chi connectivity index (χ2v) is 8.16. The number of likely N-dealkylation sites (tertiary alicyclic amines) is 1. The van der Waals surface area contributed by atoms with Crippen molar-refractivity contribution in [2.45, 2.75) is 45.8 Å². The Balaban J connectivity index is 1.46. The molecule has 0 aromatic carbocycles. The number of nitrogens with zero attached hydrogens (tertiary/aromatic N) is 4. The number of imide groups is 1. The van der Waals surface area contributed by atoms with Gasteiger partial charge < -0.3 is 4.74 Å². The highest BCUT2D eigenvalue weighted by Crippen LogP contribution is 2.36. The van der Waals surface area contributed by atoms with Crippen LogP contribution in [0.15, 0.2) is 23.0 Å². The van der Waals surface area contributed by atoms with E-state index in [1.165, 1.54) is 28.8 Å². The smallest absolute Gasteiger partial charge is 0.329 e. The Morgan fingerprint density at radius 2 is 1.90 bits per heavy atom. The first-order chi connectivity index (χ1) is 13.9. The number of fused-ring (bicyclic) bond motifs is 2. The molecule has 2 aromatic heterocycles. The number of amides is 2. The van der Waals surface area contributed by atoms with Crippen LogP contribution >= 0.6 is 11.3 Å². The number of hydrogen-bond acceptors (Lipinski definition) is 8. The first-order valence-electron chi connectivity index (χ1n) is 9.48. The minimum Gasteiger partial charge on any atom is -0.458 e. The molecule has 1 aliphatic heterocycles. The van der Waals surface area contributed by atoms with Crippen molar-refractivity contribution < 1.29 is 19.1 Å². The van der Waals surface area contributed by atoms with Gasteiger partial charge in [-0.2, -0.15) is 9.61 Å². The molecule has 0 N–H and O–H groups in total. The lowest BCUT2D eigenvalue weighted by Gasteiger charge is -2.21. The molecule has 0 unspecified atom stereocenters. The minimum absolute atomic E-state index is 0.223. The number of aromatic nitrogens is 3. The molecule has 3 atom stereocenters. The normalized spacial score (nSPS) is 22.2. The Kier molecular flexibility index (Phi) is 5.03. The predicted molar refractivity (Wildman–Crippen MR) is 103 cm³/mol. The van der Waals surface area contributed by atoms with Crippen LogP contribution in [0.4, 0.5) is 0 Å². The molecule has 1 fully saturated rings. The lowest BCUT2D eigenvalue weighted by Crippen LogP contribution is -2.44. The zero-order valence-electron chi connectivity index (χ0n) is 16.0. The number of carbonyl (C=O) groups excluding carboxylic acids is 3. The quantitative estimate of drug-likeness (QED) is 0.408. The molecule has 152 valence electrons. The molecule has 2 aromatic rings. The number of hydrogen-bond donors (Lipinski definition) is 0. The average molecular weight is 416 g/mol. The summed E-state index contributed by atoms with van der Waals surface area (Å²) >= 11 is 1.30. The van der Waals surface area contributed by atoms with Gasteiger partial charge in [-0.05, 0) is 26.2 Å². The number of carbonyl (C=O) groups is 3. The summed E-state index contributed by atoms with van der Waals surface area (Å²) < 4.78 is 6.48. The van der Waals surface area contributed by atoms with Gasteiger partial charge in [0.2, 0.25) is 16.8 Å². The van der Waals surface area contributed by atoms with Gasteiger partial charge in [-0.1, -0.05) is 30.4 Å². The van der Waals surface area contributed by atoms with Crippen molar-refractivity contribution in [3.8, 4) is 0 Å². The van der Waals surface area contributed by atoms with E-state index in [1.54, 1.807) is 0 Å². The summed E-state index contributed by atoms with van der Waals surface area (Å²) in [6, 6.07) is 0.233. The van der Waals surface area contributed by atoms with Gasteiger partial charge in [0.1, 0.15) is 17.7 Å². The number of esters is 1. The van der Waals surface area contributed by atoms with Crippen molar-refractivity contribution in [3.63, 3.8) is 0 Å². The molecule has 1 aliphatic carbocycles. The van der Waals surface area contributed by atoms with E-state index >= 15 is 0 Å². The van der Waals surface area contributed by atoms with Crippen LogP contribution in [-0.4, -0.2) is 43.3 Å². The fraction of sp³-hybridized carbons (Fsp3) is 0.474. The number of rotatable bonds is 5. The maximum Gasteiger partial charge on any atom is 0.329 e. The summed E-state index contributed by atoms with van der Waals surface area (Å²) in [5.74, 6) is -2.16. The third-order valence-corrected chi connectivity index (χ3v) is 6.33. The van der Waals surface area contributed by atoms with Gasteiger partial charge in [-0.15, -0.1) is 0 Å². The van der Waals surface area contributed by atoms with Gasteiger partial charge in [0.05, 0.1) is 17.5 Å². The molecule has 0 spiro atoms. The number of allylic oxidation sites excluding steroid dienone is 2. The van der Waals surface area contributed by atoms with Gasteiger partial charge in [0, 0.05) is 6.07 Å². The Morgan fingerprint density at radius 1 is 1.24 bits per heavy atom. The highest BCUT2D eigenvalue weighted by Gasteiger charge is 2.50. The fourth-order valence-electron chi connectivity index (χ4n) is 3.69. The van der Waals surface area contributed by atoms with E-state index in [1.807, 2.05) is 19.1 Å². The molecule has 0 saturated carbocycles. The molecule has 0 radical (unpaired) electrons. The fourth-order valence-corrected chi connectivity index (χ4v) is 4.55. The topological polar surface area (TPSA) is 111 Å². The third kappa shape index (κ3) is 3.37. The van der Waals surface area contributed by atoms with Crippen LogP contribution < -0.4 is 5.56 Å². The highest BCUT2D eigenvalue weighted by molar-refractivity contribution is 7.16. The SMILES string of the molecule is CCc1nn2c(=O)cc(COC(=O)[C@H](C)N3C(=O)[C@@H]4CC=CC[C@H]4C3=O)nc2s1. The van der Waals surface area contributed by atoms with Crippen LogP contribution in [0.25, 0.3) is 4.96 Å². The van der Waals surface area contributed by atoms with Crippen molar-refractivity contribution in [1.29, 1.82) is 0 Å². The second-order valence-electron chi connectivity index (χ2n) is 7.12. The van der Waals surface area contributed by atoms with E-state index in [4.69, 9.17) is 4.74 Å². The number of ether oxygens (including phenoxy) is 1. The maximum atomic E-state index is 12.6. The Bertz CT molecular complexity index is 1060. The molecule has 2 aliphatic rings. The summed E-state index contributed by atoms with van der Waals surface area (Å²) in [6.45, 7) is 3.18. The molecule has 9 nitrogen and oxygen atoms in total. The summed E-state index contributed by atoms with van der Waals surface area (Å²) in [7, 11) is 0. The van der Waals surface area contributed by atoms with Crippen molar-refractivity contribution in [2.24, 2.45) is 11.8 Å². The van der Waals surface area contributed by atoms with Gasteiger partial charge >= 0.3 is 5.97 Å². The van der Waals surface area contributed by atoms with Gasteiger partial charge in [0.15, 0.2) is 0 Å². The van der Waals surface area contributed by atoms with Gasteiger partial charge in [-0.25, -0.2) is 9.78 Å². The molecule has 10 heteroatoms. The average Bonchev–Trinajstić information content (AvgIpc) is 3.25. The van der Waals surface area contributed by atoms with Crippen LogP contribution in [0.2, 0.25) is 0 Å². The van der Waals surface area contributed by atoms with E-state index in [2.05, 4.69) is 10.1 Å². The van der Waals surface area contributed by atoms with Crippen molar-refractivity contribution in [3.05, 3.63) is 39.3 Å². The second kappa shape index (κ2) is 7.51. The lowest BCUT2D eigenvalue weighted by molar-refractivity contribution is -0.159. The maximum absolute atomic E-state index is 12.6. The van der Waals surface area contributed by atoms with Crippen LogP contribution in [0.3, 0.4) is 0 Å². The van der Waals surface area contributed by atoms with E-state index in [-0.39, 0.29) is 24.0 Å². The monoisotopic (exact) mass is 416 g/mol. The van der Waals surface area contributed by atoms with Crippen molar-refractivity contribution >= 4 is 34.1 Å². The molecule has 29 heavy (non-hydrogen) atoms. The Morgan fingerprint density at radius 3 is 2.52 bits per heavy atom. The summed E-state index contributed by atoms with van der Waals surface area (Å²) in [5, 5.41) is 4.94. The number of aryl methyl sites for hydroxylation is 1. The molecular weight excluding hydrogens is 396 g/mol. The summed E-state index contributed by atoms with van der Waals surface area (Å²) in [6.07, 6.45) is 5.49. The van der Waals surface area contributed by atoms with Crippen molar-refractivity contribution in [2.75, 3.05) is 0 Å². The Labute approximate surface area is 170 Å². The molecule has 4 rings (SSSR count). The standard InChI is InChI=1S/C19H20N4O5S/c1-3-14-21-23-15(24)8-11(20-19(23)29-14)9-28-18(27)10(2)22-16(25)12-6-4-5-7-13(12)17(22)26/h4-5,8,10,12-13H,3,6-7,9H2,1-2H3/t10-,12+,13+/m0/s1. The summed E-state index contributed by atoms with van der Waals surface area (Å²) in [5.41, 5.74) is -0.0645. The van der Waals surface area contributed by atoms with E-state index < -0.39 is 23.8 Å².